The van der Waals surface area contributed by atoms with Crippen molar-refractivity contribution in [1.82, 2.24) is 9.80 Å². The summed E-state index contributed by atoms with van der Waals surface area (Å²) in [6, 6.07) is 5.69. The van der Waals surface area contributed by atoms with Crippen LogP contribution in [0.3, 0.4) is 0 Å². The molecule has 0 unspecified atom stereocenters. The number of hydrogen-bond acceptors (Lipinski definition) is 4. The third kappa shape index (κ3) is 5.43. The number of anilines is 2. The summed E-state index contributed by atoms with van der Waals surface area (Å²) in [7, 11) is 0. The Labute approximate surface area is 191 Å². The molecule has 1 aromatic rings. The second-order valence-electron chi connectivity index (χ2n) is 9.82. The molecule has 1 aliphatic carbocycles. The standard InChI is InChI=1S/C25H36N4O3/c1-18(2)16-23(30)26-20-8-9-22(21(17-20)25(32)28-10-4-3-5-11-28)27-12-14-29(15-13-27)24(31)19-6-7-19/h8-9,17-19H,3-7,10-16H2,1-2H3,(H,26,30). The molecular formula is C25H36N4O3. The molecule has 0 aromatic heterocycles. The Bertz CT molecular complexity index is 851. The second kappa shape index (κ2) is 9.92. The fraction of sp³-hybridized carbons (Fsp3) is 0.640. The summed E-state index contributed by atoms with van der Waals surface area (Å²) < 4.78 is 0. The smallest absolute Gasteiger partial charge is 0.256 e. The van der Waals surface area contributed by atoms with E-state index in [4.69, 9.17) is 0 Å². The van der Waals surface area contributed by atoms with Crippen molar-refractivity contribution in [2.45, 2.75) is 52.4 Å². The van der Waals surface area contributed by atoms with Crippen LogP contribution in [-0.2, 0) is 9.59 Å². The molecule has 1 saturated carbocycles. The van der Waals surface area contributed by atoms with Gasteiger partial charge in [-0.1, -0.05) is 13.8 Å². The van der Waals surface area contributed by atoms with E-state index < -0.39 is 0 Å². The molecule has 0 radical (unpaired) electrons. The Morgan fingerprint density at radius 2 is 1.62 bits per heavy atom. The van der Waals surface area contributed by atoms with E-state index in [9.17, 15) is 14.4 Å². The van der Waals surface area contributed by atoms with E-state index >= 15 is 0 Å². The summed E-state index contributed by atoms with van der Waals surface area (Å²) >= 11 is 0. The molecule has 3 amide bonds. The van der Waals surface area contributed by atoms with E-state index in [0.29, 0.717) is 30.8 Å². The minimum atomic E-state index is -0.0312. The van der Waals surface area contributed by atoms with Gasteiger partial charge < -0.3 is 20.0 Å². The summed E-state index contributed by atoms with van der Waals surface area (Å²) in [6.45, 7) is 8.43. The largest absolute Gasteiger partial charge is 0.367 e. The summed E-state index contributed by atoms with van der Waals surface area (Å²) in [5.41, 5.74) is 2.22. The topological polar surface area (TPSA) is 73.0 Å². The first kappa shape index (κ1) is 22.6. The third-order valence-corrected chi connectivity index (χ3v) is 6.61. The van der Waals surface area contributed by atoms with Gasteiger partial charge in [-0.3, -0.25) is 14.4 Å². The Kier molecular flexibility index (Phi) is 7.01. The number of likely N-dealkylation sites (tertiary alicyclic amines) is 1. The van der Waals surface area contributed by atoms with E-state index in [1.165, 1.54) is 6.42 Å². The highest BCUT2D eigenvalue weighted by Gasteiger charge is 2.35. The second-order valence-corrected chi connectivity index (χ2v) is 9.82. The minimum absolute atomic E-state index is 0.0312. The zero-order chi connectivity index (χ0) is 22.7. The maximum absolute atomic E-state index is 13.5. The molecule has 7 nitrogen and oxygen atoms in total. The number of nitrogens with zero attached hydrogens (tertiary/aromatic N) is 3. The lowest BCUT2D eigenvalue weighted by Crippen LogP contribution is -2.49. The molecule has 2 saturated heterocycles. The fourth-order valence-corrected chi connectivity index (χ4v) is 4.67. The Hall–Kier alpha value is -2.57. The number of piperidine rings is 1. The average molecular weight is 441 g/mol. The van der Waals surface area contributed by atoms with Crippen LogP contribution in [0, 0.1) is 11.8 Å². The molecule has 3 fully saturated rings. The zero-order valence-electron chi connectivity index (χ0n) is 19.4. The van der Waals surface area contributed by atoms with Crippen LogP contribution in [0.5, 0.6) is 0 Å². The predicted octanol–water partition coefficient (Wildman–Crippen LogP) is 3.36. The van der Waals surface area contributed by atoms with Crippen LogP contribution in [0.1, 0.15) is 62.7 Å². The van der Waals surface area contributed by atoms with Crippen molar-refractivity contribution in [1.29, 1.82) is 0 Å². The molecule has 0 atom stereocenters. The van der Waals surface area contributed by atoms with Gasteiger partial charge in [-0.15, -0.1) is 0 Å². The predicted molar refractivity (Wildman–Crippen MR) is 126 cm³/mol. The van der Waals surface area contributed by atoms with E-state index in [0.717, 1.165) is 57.5 Å². The molecule has 2 aliphatic heterocycles. The normalized spacial score (nSPS) is 19.3. The lowest BCUT2D eigenvalue weighted by atomic mass is 10.0. The average Bonchev–Trinajstić information content (AvgIpc) is 3.64. The third-order valence-electron chi connectivity index (χ3n) is 6.61. The van der Waals surface area contributed by atoms with Crippen molar-refractivity contribution >= 4 is 29.1 Å². The van der Waals surface area contributed by atoms with Crippen molar-refractivity contribution in [3.05, 3.63) is 23.8 Å². The SMILES string of the molecule is CC(C)CC(=O)Nc1ccc(N2CCN(C(=O)C3CC3)CC2)c(C(=O)N2CCCCC2)c1. The first-order chi connectivity index (χ1) is 15.4. The van der Waals surface area contributed by atoms with Crippen molar-refractivity contribution in [2.75, 3.05) is 49.5 Å². The van der Waals surface area contributed by atoms with E-state index in [2.05, 4.69) is 10.2 Å². The Morgan fingerprint density at radius 1 is 0.938 bits per heavy atom. The summed E-state index contributed by atoms with van der Waals surface area (Å²) in [6.07, 6.45) is 5.74. The summed E-state index contributed by atoms with van der Waals surface area (Å²) in [5.74, 6) is 0.815. The van der Waals surface area contributed by atoms with Gasteiger partial charge in [0.2, 0.25) is 11.8 Å². The van der Waals surface area contributed by atoms with Gasteiger partial charge in [-0.2, -0.15) is 0 Å². The highest BCUT2D eigenvalue weighted by Crippen LogP contribution is 2.32. The van der Waals surface area contributed by atoms with Crippen molar-refractivity contribution in [2.24, 2.45) is 11.8 Å². The molecule has 7 heteroatoms. The number of nitrogens with one attached hydrogen (secondary N) is 1. The van der Waals surface area contributed by atoms with Crippen molar-refractivity contribution in [3.63, 3.8) is 0 Å². The van der Waals surface area contributed by atoms with Gasteiger partial charge in [-0.25, -0.2) is 0 Å². The maximum Gasteiger partial charge on any atom is 0.256 e. The van der Waals surface area contributed by atoms with Crippen LogP contribution in [0.25, 0.3) is 0 Å². The Morgan fingerprint density at radius 3 is 2.25 bits per heavy atom. The number of carbonyl (C=O) groups excluding carboxylic acids is 3. The monoisotopic (exact) mass is 440 g/mol. The molecular weight excluding hydrogens is 404 g/mol. The molecule has 1 N–H and O–H groups in total. The van der Waals surface area contributed by atoms with Crippen LogP contribution in [-0.4, -0.2) is 66.8 Å². The van der Waals surface area contributed by atoms with E-state index in [1.807, 2.05) is 41.8 Å². The first-order valence-corrected chi connectivity index (χ1v) is 12.2. The van der Waals surface area contributed by atoms with E-state index in [1.54, 1.807) is 0 Å². The fourth-order valence-electron chi connectivity index (χ4n) is 4.67. The quantitative estimate of drug-likeness (QED) is 0.736. The van der Waals surface area contributed by atoms with Crippen LogP contribution in [0.2, 0.25) is 0 Å². The van der Waals surface area contributed by atoms with E-state index in [-0.39, 0.29) is 29.6 Å². The number of piperazine rings is 1. The van der Waals surface area contributed by atoms with Gasteiger partial charge in [0.1, 0.15) is 0 Å². The lowest BCUT2D eigenvalue weighted by molar-refractivity contribution is -0.132. The van der Waals surface area contributed by atoms with Gasteiger partial charge in [0, 0.05) is 63.0 Å². The highest BCUT2D eigenvalue weighted by atomic mass is 16.2. The highest BCUT2D eigenvalue weighted by molar-refractivity contribution is 6.02. The van der Waals surface area contributed by atoms with Crippen LogP contribution in [0.4, 0.5) is 11.4 Å². The minimum Gasteiger partial charge on any atom is -0.367 e. The number of benzene rings is 1. The number of rotatable bonds is 6. The van der Waals surface area contributed by atoms with Gasteiger partial charge in [-0.05, 0) is 56.2 Å². The van der Waals surface area contributed by atoms with Crippen LogP contribution < -0.4 is 10.2 Å². The van der Waals surface area contributed by atoms with Crippen molar-refractivity contribution < 1.29 is 14.4 Å². The van der Waals surface area contributed by atoms with Crippen LogP contribution in [0.15, 0.2) is 18.2 Å². The number of hydrogen-bond donors (Lipinski definition) is 1. The molecule has 0 bridgehead atoms. The molecule has 2 heterocycles. The van der Waals surface area contributed by atoms with Crippen molar-refractivity contribution in [3.8, 4) is 0 Å². The van der Waals surface area contributed by atoms with Gasteiger partial charge in [0.15, 0.2) is 0 Å². The van der Waals surface area contributed by atoms with Gasteiger partial charge in [0.05, 0.1) is 5.56 Å². The molecule has 1 aromatic carbocycles. The maximum atomic E-state index is 13.5. The molecule has 0 spiro atoms. The molecule has 4 rings (SSSR count). The van der Waals surface area contributed by atoms with Crippen LogP contribution >= 0.6 is 0 Å². The summed E-state index contributed by atoms with van der Waals surface area (Å²) in [5, 5.41) is 2.96. The summed E-state index contributed by atoms with van der Waals surface area (Å²) in [4.78, 5) is 44.3. The van der Waals surface area contributed by atoms with Gasteiger partial charge >= 0.3 is 0 Å². The molecule has 174 valence electrons. The number of carbonyl (C=O) groups is 3. The first-order valence-electron chi connectivity index (χ1n) is 12.2. The zero-order valence-corrected chi connectivity index (χ0v) is 19.4. The molecule has 3 aliphatic rings. The van der Waals surface area contributed by atoms with Gasteiger partial charge in [0.25, 0.3) is 5.91 Å². The molecule has 32 heavy (non-hydrogen) atoms. The number of amides is 3. The Balaban J connectivity index is 1.52. The lowest BCUT2D eigenvalue weighted by Gasteiger charge is -2.37.